The van der Waals surface area contributed by atoms with Gasteiger partial charge in [-0.3, -0.25) is 0 Å². The number of methoxy groups -OCH3 is 1. The number of ether oxygens (including phenoxy) is 2. The molecule has 3 nitrogen and oxygen atoms in total. The molecule has 0 heterocycles. The van der Waals surface area contributed by atoms with Crippen LogP contribution in [-0.2, 0) is 6.42 Å². The van der Waals surface area contributed by atoms with Crippen molar-refractivity contribution in [2.75, 3.05) is 25.2 Å². The average Bonchev–Trinajstić information content (AvgIpc) is 2.39. The highest BCUT2D eigenvalue weighted by atomic mass is 79.9. The van der Waals surface area contributed by atoms with Gasteiger partial charge in [-0.15, -0.1) is 0 Å². The molecule has 5 heteroatoms. The van der Waals surface area contributed by atoms with Crippen LogP contribution in [0.2, 0.25) is 0 Å². The Balaban J connectivity index is 2.69. The van der Waals surface area contributed by atoms with Gasteiger partial charge in [0.1, 0.15) is 0 Å². The summed E-state index contributed by atoms with van der Waals surface area (Å²) in [6.45, 7) is 4.87. The Labute approximate surface area is 134 Å². The normalized spacial score (nSPS) is 12.2. The zero-order valence-electron chi connectivity index (χ0n) is 12.4. The number of thioether (sulfide) groups is 1. The summed E-state index contributed by atoms with van der Waals surface area (Å²) in [6.07, 6.45) is 1.86. The summed E-state index contributed by atoms with van der Waals surface area (Å²) in [6, 6.07) is 4.19. The van der Waals surface area contributed by atoms with Gasteiger partial charge in [0.2, 0.25) is 0 Å². The molecule has 114 valence electrons. The lowest BCUT2D eigenvalue weighted by molar-refractivity contribution is 0.293. The van der Waals surface area contributed by atoms with Crippen LogP contribution in [-0.4, -0.2) is 31.3 Å². The van der Waals surface area contributed by atoms with Crippen LogP contribution in [0.15, 0.2) is 16.6 Å². The molecule has 0 aliphatic carbocycles. The molecule has 2 N–H and O–H groups in total. The van der Waals surface area contributed by atoms with Crippen LogP contribution in [0.3, 0.4) is 0 Å². The van der Waals surface area contributed by atoms with E-state index in [2.05, 4.69) is 28.9 Å². The molecule has 0 aliphatic rings. The second-order valence-corrected chi connectivity index (χ2v) is 6.94. The van der Waals surface area contributed by atoms with Crippen LogP contribution in [0.5, 0.6) is 11.5 Å². The number of nitrogens with two attached hydrogens (primary N) is 1. The Morgan fingerprint density at radius 1 is 1.40 bits per heavy atom. The van der Waals surface area contributed by atoms with E-state index in [1.165, 1.54) is 0 Å². The molecule has 1 unspecified atom stereocenters. The van der Waals surface area contributed by atoms with Gasteiger partial charge < -0.3 is 15.2 Å². The van der Waals surface area contributed by atoms with E-state index in [1.54, 1.807) is 7.11 Å². The van der Waals surface area contributed by atoms with Crippen molar-refractivity contribution < 1.29 is 9.47 Å². The van der Waals surface area contributed by atoms with Crippen LogP contribution >= 0.6 is 27.7 Å². The van der Waals surface area contributed by atoms with E-state index in [0.29, 0.717) is 6.61 Å². The monoisotopic (exact) mass is 361 g/mol. The van der Waals surface area contributed by atoms with Gasteiger partial charge in [-0.05, 0) is 64.9 Å². The quantitative estimate of drug-likeness (QED) is 0.678. The van der Waals surface area contributed by atoms with Crippen LogP contribution in [0.25, 0.3) is 0 Å². The van der Waals surface area contributed by atoms with Crippen LogP contribution in [0.4, 0.5) is 0 Å². The van der Waals surface area contributed by atoms with Crippen molar-refractivity contribution in [1.29, 1.82) is 0 Å². The minimum Gasteiger partial charge on any atom is -0.493 e. The molecular weight excluding hydrogens is 338 g/mol. The first-order valence-electron chi connectivity index (χ1n) is 6.91. The fourth-order valence-electron chi connectivity index (χ4n) is 1.88. The van der Waals surface area contributed by atoms with Crippen LogP contribution < -0.4 is 15.2 Å². The lowest BCUT2D eigenvalue weighted by Crippen LogP contribution is -2.17. The lowest BCUT2D eigenvalue weighted by atomic mass is 10.1. The van der Waals surface area contributed by atoms with Gasteiger partial charge >= 0.3 is 0 Å². The topological polar surface area (TPSA) is 44.5 Å². The third kappa shape index (κ3) is 5.94. The minimum absolute atomic E-state index is 0.129. The zero-order chi connectivity index (χ0) is 15.0. The summed E-state index contributed by atoms with van der Waals surface area (Å²) in [5, 5.41) is 0. The summed E-state index contributed by atoms with van der Waals surface area (Å²) in [7, 11) is 1.66. The van der Waals surface area contributed by atoms with Crippen molar-refractivity contribution >= 4 is 27.7 Å². The predicted octanol–water partition coefficient (Wildman–Crippen LogP) is 3.87. The van der Waals surface area contributed by atoms with Gasteiger partial charge in [0.15, 0.2) is 11.5 Å². The number of benzene rings is 1. The summed E-state index contributed by atoms with van der Waals surface area (Å²) < 4.78 is 12.2. The highest BCUT2D eigenvalue weighted by Gasteiger charge is 2.12. The van der Waals surface area contributed by atoms with Crippen molar-refractivity contribution in [2.45, 2.75) is 32.7 Å². The fourth-order valence-corrected chi connectivity index (χ4v) is 3.10. The summed E-state index contributed by atoms with van der Waals surface area (Å²) in [5.74, 6) is 3.82. The van der Waals surface area contributed by atoms with Gasteiger partial charge in [0, 0.05) is 6.04 Å². The minimum atomic E-state index is 0.129. The highest BCUT2D eigenvalue weighted by molar-refractivity contribution is 9.10. The van der Waals surface area contributed by atoms with Gasteiger partial charge in [0.05, 0.1) is 18.2 Å². The van der Waals surface area contributed by atoms with Crippen molar-refractivity contribution in [2.24, 2.45) is 5.73 Å². The molecule has 0 saturated heterocycles. The van der Waals surface area contributed by atoms with E-state index >= 15 is 0 Å². The second kappa shape index (κ2) is 9.53. The molecule has 1 atom stereocenters. The van der Waals surface area contributed by atoms with Crippen molar-refractivity contribution in [3.8, 4) is 11.5 Å². The van der Waals surface area contributed by atoms with E-state index in [0.717, 1.165) is 45.9 Å². The van der Waals surface area contributed by atoms with E-state index in [9.17, 15) is 0 Å². The van der Waals surface area contributed by atoms with Crippen molar-refractivity contribution in [3.63, 3.8) is 0 Å². The third-order valence-electron chi connectivity index (χ3n) is 2.73. The summed E-state index contributed by atoms with van der Waals surface area (Å²) in [4.78, 5) is 0. The van der Waals surface area contributed by atoms with Crippen molar-refractivity contribution in [3.05, 3.63) is 22.2 Å². The second-order valence-electron chi connectivity index (χ2n) is 4.69. The Hall–Kier alpha value is -0.390. The van der Waals surface area contributed by atoms with Gasteiger partial charge in [-0.2, -0.15) is 11.8 Å². The van der Waals surface area contributed by atoms with Crippen molar-refractivity contribution in [1.82, 2.24) is 0 Å². The van der Waals surface area contributed by atoms with Gasteiger partial charge in [-0.25, -0.2) is 0 Å². The Morgan fingerprint density at radius 3 is 2.75 bits per heavy atom. The van der Waals surface area contributed by atoms with Crippen LogP contribution in [0, 0.1) is 0 Å². The lowest BCUT2D eigenvalue weighted by Gasteiger charge is -2.15. The summed E-state index contributed by atoms with van der Waals surface area (Å²) in [5.41, 5.74) is 6.99. The molecular formula is C15H24BrNO2S. The first kappa shape index (κ1) is 17.7. The first-order valence-corrected chi connectivity index (χ1v) is 8.85. The molecule has 20 heavy (non-hydrogen) atoms. The Morgan fingerprint density at radius 2 is 2.15 bits per heavy atom. The average molecular weight is 362 g/mol. The van der Waals surface area contributed by atoms with E-state index < -0.39 is 0 Å². The van der Waals surface area contributed by atoms with Gasteiger partial charge in [0.25, 0.3) is 0 Å². The third-order valence-corrected chi connectivity index (χ3v) is 4.31. The molecule has 1 aromatic carbocycles. The van der Waals surface area contributed by atoms with E-state index in [1.807, 2.05) is 24.8 Å². The standard InChI is InChI=1S/C15H24BrNO2S/c1-4-20-7-5-6-19-15-13(16)9-12(8-11(2)17)10-14(15)18-3/h9-11H,4-8,17H2,1-3H3. The number of hydrogen-bond donors (Lipinski definition) is 1. The largest absolute Gasteiger partial charge is 0.493 e. The predicted molar refractivity (Wildman–Crippen MR) is 91.2 cm³/mol. The van der Waals surface area contributed by atoms with E-state index in [-0.39, 0.29) is 6.04 Å². The molecule has 0 spiro atoms. The van der Waals surface area contributed by atoms with E-state index in [4.69, 9.17) is 15.2 Å². The fraction of sp³-hybridized carbons (Fsp3) is 0.600. The first-order chi connectivity index (χ1) is 9.58. The molecule has 0 fully saturated rings. The molecule has 0 aliphatic heterocycles. The SMILES string of the molecule is CCSCCCOc1c(Br)cc(CC(C)N)cc1OC. The maximum atomic E-state index is 5.85. The number of hydrogen-bond acceptors (Lipinski definition) is 4. The Kier molecular flexibility index (Phi) is 8.41. The molecule has 1 rings (SSSR count). The molecule has 1 aromatic rings. The Bertz CT molecular complexity index is 413. The molecule has 0 radical (unpaired) electrons. The smallest absolute Gasteiger partial charge is 0.175 e. The number of rotatable bonds is 9. The maximum absolute atomic E-state index is 5.85. The molecule has 0 aromatic heterocycles. The number of halogens is 1. The van der Waals surface area contributed by atoms with Gasteiger partial charge in [-0.1, -0.05) is 6.92 Å². The summed E-state index contributed by atoms with van der Waals surface area (Å²) >= 11 is 5.49. The highest BCUT2D eigenvalue weighted by Crippen LogP contribution is 2.37. The maximum Gasteiger partial charge on any atom is 0.175 e. The molecule has 0 amide bonds. The molecule has 0 bridgehead atoms. The zero-order valence-corrected chi connectivity index (χ0v) is 14.9. The van der Waals surface area contributed by atoms with Crippen LogP contribution in [0.1, 0.15) is 25.8 Å². The molecule has 0 saturated carbocycles.